The van der Waals surface area contributed by atoms with Crippen molar-refractivity contribution in [2.24, 2.45) is 20.5 Å². The van der Waals surface area contributed by atoms with Crippen molar-refractivity contribution >= 4 is 75.9 Å². The summed E-state index contributed by atoms with van der Waals surface area (Å²) in [5, 5.41) is 37.4. The summed E-state index contributed by atoms with van der Waals surface area (Å²) < 4.78 is 70.4. The minimum absolute atomic E-state index is 0.000627. The van der Waals surface area contributed by atoms with E-state index in [0.717, 1.165) is 35.4 Å². The highest BCUT2D eigenvalue weighted by molar-refractivity contribution is 7.86. The molecule has 0 fully saturated rings. The number of nitrogens with two attached hydrogens (primary N) is 2. The lowest BCUT2D eigenvalue weighted by molar-refractivity contribution is 0.461. The second kappa shape index (κ2) is 12.0. The first-order valence-electron chi connectivity index (χ1n) is 13.8. The van der Waals surface area contributed by atoms with E-state index in [1.807, 2.05) is 0 Å². The molecule has 0 heterocycles. The lowest BCUT2D eigenvalue weighted by Crippen LogP contribution is -2.00. The lowest BCUT2D eigenvalue weighted by Gasteiger charge is -2.13. The maximum atomic E-state index is 11.7. The molecule has 242 valence electrons. The van der Waals surface area contributed by atoms with Crippen molar-refractivity contribution in [2.75, 3.05) is 11.5 Å². The van der Waals surface area contributed by atoms with Crippen molar-refractivity contribution in [3.63, 3.8) is 0 Å². The molecule has 16 heteroatoms. The molecule has 14 nitrogen and oxygen atoms in total. The number of rotatable bonds is 7. The van der Waals surface area contributed by atoms with Crippen LogP contribution >= 0.6 is 0 Å². The van der Waals surface area contributed by atoms with E-state index in [9.17, 15) is 36.2 Å². The number of hydrogen-bond acceptors (Lipinski definition) is 14. The van der Waals surface area contributed by atoms with Crippen LogP contribution in [0, 0.1) is 0 Å². The number of nitrogen functional groups attached to an aromatic ring is 2. The molecule has 6 aromatic carbocycles. The van der Waals surface area contributed by atoms with Crippen LogP contribution in [0.25, 0.3) is 32.7 Å². The molecule has 6 aromatic rings. The van der Waals surface area contributed by atoms with E-state index in [1.165, 1.54) is 24.3 Å². The number of phenolic OH excluding ortho intramolecular Hbond substituents is 2. The predicted octanol–water partition coefficient (Wildman–Crippen LogP) is 6.87. The second-order valence-electron chi connectivity index (χ2n) is 10.4. The zero-order valence-corrected chi connectivity index (χ0v) is 26.0. The SMILES string of the molecule is Nc1ccc2c(S(=O)(=O)[O-])ccc(O)c2c1N=Nc1ccc(-c2ccc(N=Nc3c(N)ccc4c(S(=O)(=O)[O-])ccc(O)c34)cc2)cc1. The number of benzene rings is 6. The number of nitrogens with zero attached hydrogens (tertiary/aromatic N) is 4. The summed E-state index contributed by atoms with van der Waals surface area (Å²) in [4.78, 5) is -1.04. The van der Waals surface area contributed by atoms with Gasteiger partial charge in [-0.2, -0.15) is 10.2 Å². The monoisotopic (exact) mass is 682 g/mol. The van der Waals surface area contributed by atoms with E-state index in [2.05, 4.69) is 20.5 Å². The van der Waals surface area contributed by atoms with Gasteiger partial charge >= 0.3 is 0 Å². The van der Waals surface area contributed by atoms with Crippen LogP contribution in [0.15, 0.2) is 127 Å². The van der Waals surface area contributed by atoms with E-state index < -0.39 is 30.0 Å². The van der Waals surface area contributed by atoms with Crippen molar-refractivity contribution in [1.82, 2.24) is 0 Å². The van der Waals surface area contributed by atoms with Gasteiger partial charge in [-0.1, -0.05) is 36.4 Å². The van der Waals surface area contributed by atoms with E-state index in [0.29, 0.717) is 11.4 Å². The highest BCUT2D eigenvalue weighted by Gasteiger charge is 2.17. The molecule has 0 bridgehead atoms. The van der Waals surface area contributed by atoms with Gasteiger partial charge in [0.15, 0.2) is 0 Å². The fourth-order valence-corrected chi connectivity index (χ4v) is 6.46. The Morgan fingerprint density at radius 2 is 0.833 bits per heavy atom. The molecular formula is C32H22N6O8S2-2. The number of azo groups is 2. The van der Waals surface area contributed by atoms with Gasteiger partial charge < -0.3 is 30.8 Å². The molecule has 0 saturated heterocycles. The van der Waals surface area contributed by atoms with Gasteiger partial charge in [0.25, 0.3) is 0 Å². The third kappa shape index (κ3) is 6.10. The van der Waals surface area contributed by atoms with Crippen molar-refractivity contribution < 1.29 is 36.2 Å². The molecule has 0 aliphatic carbocycles. The van der Waals surface area contributed by atoms with Gasteiger partial charge in [0.05, 0.1) is 43.3 Å². The van der Waals surface area contributed by atoms with Crippen LogP contribution in [0.1, 0.15) is 0 Å². The molecule has 0 aliphatic rings. The minimum atomic E-state index is -4.84. The highest BCUT2D eigenvalue weighted by atomic mass is 32.2. The minimum Gasteiger partial charge on any atom is -0.744 e. The van der Waals surface area contributed by atoms with E-state index >= 15 is 0 Å². The summed E-state index contributed by atoms with van der Waals surface area (Å²) >= 11 is 0. The Hall–Kier alpha value is -5.94. The van der Waals surface area contributed by atoms with Gasteiger partial charge in [-0.05, 0) is 71.8 Å². The number of aromatic hydroxyl groups is 2. The number of phenols is 2. The molecule has 0 aromatic heterocycles. The summed E-state index contributed by atoms with van der Waals surface area (Å²) in [5.74, 6) is -0.640. The van der Waals surface area contributed by atoms with Crippen LogP contribution in [0.5, 0.6) is 11.5 Å². The third-order valence-electron chi connectivity index (χ3n) is 7.38. The van der Waals surface area contributed by atoms with Crippen LogP contribution in [0.3, 0.4) is 0 Å². The van der Waals surface area contributed by atoms with Crippen LogP contribution in [0.2, 0.25) is 0 Å². The molecule has 6 N–H and O–H groups in total. The number of hydrogen-bond donors (Lipinski definition) is 4. The summed E-state index contributed by atoms with van der Waals surface area (Å²) in [5.41, 5.74) is 14.7. The van der Waals surface area contributed by atoms with Gasteiger partial charge in [-0.15, -0.1) is 10.2 Å². The molecule has 6 rings (SSSR count). The van der Waals surface area contributed by atoms with Crippen molar-refractivity contribution in [1.29, 1.82) is 0 Å². The van der Waals surface area contributed by atoms with Gasteiger partial charge in [-0.3, -0.25) is 0 Å². The molecule has 0 spiro atoms. The molecule has 0 saturated carbocycles. The molecule has 0 atom stereocenters. The predicted molar refractivity (Wildman–Crippen MR) is 176 cm³/mol. The van der Waals surface area contributed by atoms with E-state index in [1.54, 1.807) is 48.5 Å². The average molecular weight is 683 g/mol. The second-order valence-corrected chi connectivity index (χ2v) is 13.1. The van der Waals surface area contributed by atoms with Crippen LogP contribution in [-0.2, 0) is 20.2 Å². The maximum Gasteiger partial charge on any atom is 0.125 e. The summed E-state index contributed by atoms with van der Waals surface area (Å²) in [6, 6.07) is 23.4. The Morgan fingerprint density at radius 1 is 0.479 bits per heavy atom. The van der Waals surface area contributed by atoms with Gasteiger partial charge in [-0.25, -0.2) is 16.8 Å². The van der Waals surface area contributed by atoms with Gasteiger partial charge in [0.2, 0.25) is 0 Å². The number of anilines is 2. The van der Waals surface area contributed by atoms with Crippen LogP contribution in [0.4, 0.5) is 34.1 Å². The average Bonchev–Trinajstić information content (AvgIpc) is 3.03. The van der Waals surface area contributed by atoms with Gasteiger partial charge in [0, 0.05) is 10.8 Å². The van der Waals surface area contributed by atoms with Crippen molar-refractivity contribution in [3.05, 3.63) is 97.1 Å². The maximum absolute atomic E-state index is 11.7. The smallest absolute Gasteiger partial charge is 0.125 e. The molecular weight excluding hydrogens is 661 g/mol. The summed E-state index contributed by atoms with van der Waals surface area (Å²) in [7, 11) is -9.68. The fourth-order valence-electron chi connectivity index (χ4n) is 5.11. The Bertz CT molecular complexity index is 2360. The Morgan fingerprint density at radius 3 is 1.17 bits per heavy atom. The first-order valence-corrected chi connectivity index (χ1v) is 16.6. The topological polar surface area (TPSA) is 256 Å². The lowest BCUT2D eigenvalue weighted by atomic mass is 10.1. The summed E-state index contributed by atoms with van der Waals surface area (Å²) in [6.07, 6.45) is 0. The Labute approximate surface area is 272 Å². The van der Waals surface area contributed by atoms with Crippen molar-refractivity contribution in [2.45, 2.75) is 9.79 Å². The molecule has 0 aliphatic heterocycles. The van der Waals surface area contributed by atoms with E-state index in [-0.39, 0.29) is 55.8 Å². The van der Waals surface area contributed by atoms with E-state index in [4.69, 9.17) is 11.5 Å². The van der Waals surface area contributed by atoms with Gasteiger partial charge in [0.1, 0.15) is 43.1 Å². The zero-order chi connectivity index (χ0) is 34.4. The largest absolute Gasteiger partial charge is 0.744 e. The molecule has 0 amide bonds. The zero-order valence-electron chi connectivity index (χ0n) is 24.3. The highest BCUT2D eigenvalue weighted by Crippen LogP contribution is 2.43. The van der Waals surface area contributed by atoms with Crippen LogP contribution < -0.4 is 11.5 Å². The molecule has 0 radical (unpaired) electrons. The standard InChI is InChI=1S/C32H24N6O8S2/c33-23-11-9-21-27(47(41,42)43)15-13-25(39)29(21)31(23)37-35-19-5-1-17(2-6-19)18-3-7-20(8-4-18)36-38-32-24(34)12-10-22-28(48(44,45)46)16-14-26(40)30(22)32/h1-16,39-40H,33-34H2,(H,41,42,43)(H,44,45,46)/p-2. The Balaban J connectivity index is 1.25. The number of fused-ring (bicyclic) bond motifs is 2. The van der Waals surface area contributed by atoms with Crippen LogP contribution in [-0.4, -0.2) is 36.2 Å². The van der Waals surface area contributed by atoms with Crippen molar-refractivity contribution in [3.8, 4) is 22.6 Å². The normalized spacial score (nSPS) is 12.5. The Kier molecular flexibility index (Phi) is 8.01. The third-order valence-corrected chi connectivity index (χ3v) is 9.17. The fraction of sp³-hybridized carbons (Fsp3) is 0. The molecule has 0 unspecified atom stereocenters. The first kappa shape index (κ1) is 32.0. The quantitative estimate of drug-likeness (QED) is 0.0771. The first-order chi connectivity index (χ1) is 22.7. The summed E-state index contributed by atoms with van der Waals surface area (Å²) in [6.45, 7) is 0. The molecule has 48 heavy (non-hydrogen) atoms.